The molecule has 0 aromatic heterocycles. The fourth-order valence-electron chi connectivity index (χ4n) is 4.96. The first-order chi connectivity index (χ1) is 17.8. The van der Waals surface area contributed by atoms with Crippen molar-refractivity contribution in [3.8, 4) is 0 Å². The van der Waals surface area contributed by atoms with E-state index in [2.05, 4.69) is 0 Å². The first-order valence-electron chi connectivity index (χ1n) is 12.8. The summed E-state index contributed by atoms with van der Waals surface area (Å²) in [7, 11) is 0. The second kappa shape index (κ2) is 10.7. The third-order valence-electron chi connectivity index (χ3n) is 6.75. The Kier molecular flexibility index (Phi) is 7.80. The summed E-state index contributed by atoms with van der Waals surface area (Å²) in [6, 6.07) is 11.6. The number of carbonyl (C=O) groups excluding carboxylic acids is 2. The minimum Gasteiger partial charge on any atom is -0.445 e. The maximum atomic E-state index is 13.9. The average Bonchev–Trinajstić information content (AvgIpc) is 2.85. The van der Waals surface area contributed by atoms with Crippen molar-refractivity contribution in [2.45, 2.75) is 65.1 Å². The molecule has 1 fully saturated rings. The Balaban J connectivity index is 1.54. The Morgan fingerprint density at radius 1 is 0.947 bits per heavy atom. The van der Waals surface area contributed by atoms with Crippen LogP contribution in [0.1, 0.15) is 49.9 Å². The maximum Gasteiger partial charge on any atom is 0.416 e. The number of amides is 2. The van der Waals surface area contributed by atoms with Gasteiger partial charge in [0.05, 0.1) is 12.1 Å². The van der Waals surface area contributed by atoms with Crippen molar-refractivity contribution in [2.24, 2.45) is 0 Å². The predicted molar refractivity (Wildman–Crippen MR) is 137 cm³/mol. The summed E-state index contributed by atoms with van der Waals surface area (Å²) < 4.78 is 52.6. The van der Waals surface area contributed by atoms with Gasteiger partial charge < -0.3 is 24.2 Å². The van der Waals surface area contributed by atoms with Crippen molar-refractivity contribution in [2.75, 3.05) is 31.1 Å². The summed E-state index contributed by atoms with van der Waals surface area (Å²) in [5.41, 5.74) is 0.859. The molecule has 2 amide bonds. The quantitative estimate of drug-likeness (QED) is 0.496. The topological polar surface area (TPSA) is 62.3 Å². The van der Waals surface area contributed by atoms with Crippen LogP contribution in [0.5, 0.6) is 0 Å². The van der Waals surface area contributed by atoms with Crippen LogP contribution in [0.2, 0.25) is 0 Å². The Morgan fingerprint density at radius 2 is 1.66 bits per heavy atom. The van der Waals surface area contributed by atoms with Crippen LogP contribution in [0, 0.1) is 0 Å². The van der Waals surface area contributed by atoms with E-state index in [0.717, 1.165) is 11.6 Å². The number of anilines is 1. The summed E-state index contributed by atoms with van der Waals surface area (Å²) in [5, 5.41) is 0. The highest BCUT2D eigenvalue weighted by molar-refractivity contribution is 5.71. The molecule has 2 aromatic rings. The van der Waals surface area contributed by atoms with Crippen LogP contribution in [0.15, 0.2) is 42.5 Å². The van der Waals surface area contributed by atoms with E-state index in [1.807, 2.05) is 42.2 Å². The molecule has 0 N–H and O–H groups in total. The number of hydrogen-bond donors (Lipinski definition) is 0. The highest BCUT2D eigenvalue weighted by Gasteiger charge is 2.39. The molecular weight excluding hydrogens is 499 g/mol. The van der Waals surface area contributed by atoms with Crippen molar-refractivity contribution < 1.29 is 32.2 Å². The van der Waals surface area contributed by atoms with Crippen LogP contribution < -0.4 is 4.90 Å². The predicted octanol–water partition coefficient (Wildman–Crippen LogP) is 5.85. The van der Waals surface area contributed by atoms with Crippen LogP contribution in [0.4, 0.5) is 28.4 Å². The fourth-order valence-corrected chi connectivity index (χ4v) is 4.96. The number of piperazine rings is 1. The van der Waals surface area contributed by atoms with E-state index >= 15 is 0 Å². The van der Waals surface area contributed by atoms with Gasteiger partial charge in [-0.2, -0.15) is 13.2 Å². The summed E-state index contributed by atoms with van der Waals surface area (Å²) in [6.45, 7) is 8.76. The molecule has 38 heavy (non-hydrogen) atoms. The van der Waals surface area contributed by atoms with Crippen LogP contribution in [0.3, 0.4) is 0 Å². The zero-order valence-corrected chi connectivity index (χ0v) is 22.2. The van der Waals surface area contributed by atoms with Gasteiger partial charge in [0.1, 0.15) is 12.2 Å². The van der Waals surface area contributed by atoms with Crippen molar-refractivity contribution in [1.82, 2.24) is 9.80 Å². The highest BCUT2D eigenvalue weighted by atomic mass is 19.4. The summed E-state index contributed by atoms with van der Waals surface area (Å²) in [4.78, 5) is 30.6. The van der Waals surface area contributed by atoms with Crippen molar-refractivity contribution >= 4 is 17.9 Å². The molecule has 2 aliphatic rings. The van der Waals surface area contributed by atoms with Gasteiger partial charge in [0, 0.05) is 37.9 Å². The van der Waals surface area contributed by atoms with Gasteiger partial charge in [-0.3, -0.25) is 0 Å². The average molecular weight is 534 g/mol. The van der Waals surface area contributed by atoms with Gasteiger partial charge >= 0.3 is 18.4 Å². The first kappa shape index (κ1) is 27.6. The van der Waals surface area contributed by atoms with E-state index in [9.17, 15) is 22.8 Å². The molecule has 0 spiro atoms. The SMILES string of the molecule is CC1CN(c2ccc(C(F)(F)F)c3c2CN(C(=O)OCc2ccccc2)CC3)CCN1C(=O)OC(C)(C)C. The van der Waals surface area contributed by atoms with Gasteiger partial charge in [0.25, 0.3) is 0 Å². The Hall–Kier alpha value is -3.43. The van der Waals surface area contributed by atoms with Crippen molar-refractivity contribution in [3.05, 3.63) is 64.7 Å². The summed E-state index contributed by atoms with van der Waals surface area (Å²) in [5.74, 6) is 0. The van der Waals surface area contributed by atoms with E-state index < -0.39 is 29.5 Å². The molecule has 4 rings (SSSR count). The van der Waals surface area contributed by atoms with Gasteiger partial charge in [-0.05, 0) is 62.9 Å². The van der Waals surface area contributed by atoms with E-state index in [1.54, 1.807) is 25.7 Å². The molecule has 0 radical (unpaired) electrons. The van der Waals surface area contributed by atoms with Crippen LogP contribution >= 0.6 is 0 Å². The van der Waals surface area contributed by atoms with Gasteiger partial charge in [0.2, 0.25) is 0 Å². The number of alkyl halides is 3. The molecule has 0 saturated carbocycles. The molecule has 0 bridgehead atoms. The molecule has 7 nitrogen and oxygen atoms in total. The van der Waals surface area contributed by atoms with E-state index in [-0.39, 0.29) is 37.7 Å². The third kappa shape index (κ3) is 6.34. The first-order valence-corrected chi connectivity index (χ1v) is 12.8. The van der Waals surface area contributed by atoms with Gasteiger partial charge in [0.15, 0.2) is 0 Å². The lowest BCUT2D eigenvalue weighted by Crippen LogP contribution is -2.55. The largest absolute Gasteiger partial charge is 0.445 e. The molecule has 1 unspecified atom stereocenters. The van der Waals surface area contributed by atoms with Crippen LogP contribution in [-0.2, 0) is 35.2 Å². The van der Waals surface area contributed by atoms with E-state index in [4.69, 9.17) is 9.47 Å². The number of hydrogen-bond acceptors (Lipinski definition) is 5. The van der Waals surface area contributed by atoms with Gasteiger partial charge in [-0.25, -0.2) is 9.59 Å². The smallest absolute Gasteiger partial charge is 0.416 e. The number of nitrogens with zero attached hydrogens (tertiary/aromatic N) is 3. The fraction of sp³-hybridized carbons (Fsp3) is 0.500. The zero-order chi connectivity index (χ0) is 27.7. The standard InChI is InChI=1S/C28H34F3N3O4/c1-19-16-32(14-15-34(19)26(36)38-27(2,3)4)24-11-10-23(28(29,30)31)21-12-13-33(17-22(21)24)25(35)37-18-20-8-6-5-7-9-20/h5-11,19H,12-18H2,1-4H3. The number of halogens is 3. The molecule has 2 aromatic carbocycles. The number of carbonyl (C=O) groups is 2. The highest BCUT2D eigenvalue weighted by Crippen LogP contribution is 2.40. The number of fused-ring (bicyclic) bond motifs is 1. The normalized spacial score (nSPS) is 18.2. The van der Waals surface area contributed by atoms with Crippen LogP contribution in [0.25, 0.3) is 0 Å². The maximum absolute atomic E-state index is 13.9. The third-order valence-corrected chi connectivity index (χ3v) is 6.75. The van der Waals surface area contributed by atoms with Crippen molar-refractivity contribution in [1.29, 1.82) is 0 Å². The lowest BCUT2D eigenvalue weighted by atomic mass is 9.91. The second-order valence-corrected chi connectivity index (χ2v) is 10.8. The molecule has 206 valence electrons. The molecule has 1 saturated heterocycles. The number of ether oxygens (including phenoxy) is 2. The lowest BCUT2D eigenvalue weighted by molar-refractivity contribution is -0.138. The minimum atomic E-state index is -4.50. The summed E-state index contributed by atoms with van der Waals surface area (Å²) >= 11 is 0. The van der Waals surface area contributed by atoms with Crippen molar-refractivity contribution in [3.63, 3.8) is 0 Å². The van der Waals surface area contributed by atoms with Gasteiger partial charge in [-0.15, -0.1) is 0 Å². The van der Waals surface area contributed by atoms with Gasteiger partial charge in [-0.1, -0.05) is 30.3 Å². The number of benzene rings is 2. The summed E-state index contributed by atoms with van der Waals surface area (Å²) in [6.07, 6.45) is -5.40. The van der Waals surface area contributed by atoms with E-state index in [1.165, 1.54) is 11.0 Å². The molecule has 2 aliphatic heterocycles. The monoisotopic (exact) mass is 533 g/mol. The van der Waals surface area contributed by atoms with Crippen LogP contribution in [-0.4, -0.2) is 59.8 Å². The molecule has 10 heteroatoms. The van der Waals surface area contributed by atoms with E-state index in [0.29, 0.717) is 30.9 Å². The number of rotatable bonds is 3. The minimum absolute atomic E-state index is 0.0167. The molecule has 0 aliphatic carbocycles. The molecule has 2 heterocycles. The zero-order valence-electron chi connectivity index (χ0n) is 22.2. The second-order valence-electron chi connectivity index (χ2n) is 10.8. The Morgan fingerprint density at radius 3 is 2.29 bits per heavy atom. The lowest BCUT2D eigenvalue weighted by Gasteiger charge is -2.43. The molecular formula is C28H34F3N3O4. The Labute approximate surface area is 221 Å². The molecule has 1 atom stereocenters. The Bertz CT molecular complexity index is 1160.